The normalized spacial score (nSPS) is 42.6. The number of hydrogen-bond acceptors (Lipinski definition) is 2. The van der Waals surface area contributed by atoms with Crippen molar-refractivity contribution in [3.05, 3.63) is 0 Å². The smallest absolute Gasteiger partial charge is 0.162 e. The maximum atomic E-state index is 15.1. The van der Waals surface area contributed by atoms with Gasteiger partial charge in [0.05, 0.1) is 5.60 Å². The number of carbonyl (C=O) groups excluding carboxylic acids is 1. The first kappa shape index (κ1) is 31.9. The van der Waals surface area contributed by atoms with Gasteiger partial charge in [0.25, 0.3) is 0 Å². The van der Waals surface area contributed by atoms with Crippen LogP contribution in [-0.4, -0.2) is 43.7 Å². The molecule has 4 fully saturated rings. The highest BCUT2D eigenvalue weighted by Gasteiger charge is 2.46. The van der Waals surface area contributed by atoms with Crippen molar-refractivity contribution in [1.82, 2.24) is 0 Å². The summed E-state index contributed by atoms with van der Waals surface area (Å²) in [7, 11) is 1.71. The molecule has 6 heteroatoms. The van der Waals surface area contributed by atoms with E-state index in [1.54, 1.807) is 7.11 Å². The average molecular weight is 547 g/mol. The van der Waals surface area contributed by atoms with Crippen molar-refractivity contribution in [2.24, 2.45) is 41.4 Å². The predicted molar refractivity (Wildman–Crippen MR) is 146 cm³/mol. The van der Waals surface area contributed by atoms with Gasteiger partial charge in [0, 0.05) is 13.5 Å². The molecule has 0 bridgehead atoms. The molecule has 5 atom stereocenters. The Balaban J connectivity index is 0.000000599. The molecule has 222 valence electrons. The Kier molecular flexibility index (Phi) is 12.4. The molecule has 4 aliphatic rings. The van der Waals surface area contributed by atoms with Crippen LogP contribution in [0.2, 0.25) is 0 Å². The molecule has 0 N–H and O–H groups in total. The Labute approximate surface area is 229 Å². The number of ether oxygens (including phenoxy) is 1. The second-order valence-electron chi connectivity index (χ2n) is 14.0. The summed E-state index contributed by atoms with van der Waals surface area (Å²) >= 11 is 0. The molecule has 2 nitrogen and oxygen atoms in total. The Hall–Kier alpha value is -0.650. The molecule has 4 aliphatic carbocycles. The minimum absolute atomic E-state index is 0.0140. The highest BCUT2D eigenvalue weighted by Crippen LogP contribution is 2.49. The van der Waals surface area contributed by atoms with Crippen molar-refractivity contribution in [2.45, 2.75) is 147 Å². The maximum absolute atomic E-state index is 15.1. The fourth-order valence-corrected chi connectivity index (χ4v) is 7.98. The highest BCUT2D eigenvalue weighted by atomic mass is 19.2. The number of alkyl halides is 4. The van der Waals surface area contributed by atoms with Crippen molar-refractivity contribution in [1.29, 1.82) is 0 Å². The SMILES string of the molecule is COC(C)(C)C.O=CCCC1CCC(C2CCC(C3CCC(C4CC(F)C(F)C(F)C4)C(F)C3)CC2)CC1. The number of rotatable bonds is 6. The maximum Gasteiger partial charge on any atom is 0.162 e. The van der Waals surface area contributed by atoms with Crippen molar-refractivity contribution in [3.63, 3.8) is 0 Å². The van der Waals surface area contributed by atoms with E-state index in [1.165, 1.54) is 51.4 Å². The Morgan fingerprint density at radius 3 is 1.53 bits per heavy atom. The first-order valence-corrected chi connectivity index (χ1v) is 15.6. The van der Waals surface area contributed by atoms with E-state index in [0.717, 1.165) is 36.9 Å². The van der Waals surface area contributed by atoms with E-state index < -0.39 is 24.7 Å². The van der Waals surface area contributed by atoms with Gasteiger partial charge in [-0.25, -0.2) is 17.6 Å². The topological polar surface area (TPSA) is 26.3 Å². The van der Waals surface area contributed by atoms with Gasteiger partial charge in [-0.3, -0.25) is 0 Å². The Morgan fingerprint density at radius 1 is 0.658 bits per heavy atom. The molecule has 0 radical (unpaired) electrons. The molecule has 0 saturated heterocycles. The number of halogens is 4. The number of carbonyl (C=O) groups is 1. The minimum atomic E-state index is -2.03. The standard InChI is InChI=1S/C27H42F4O.C5H12O/c28-24-14-21(11-12-23(24)22-15-25(29)27(31)26(30)16-22)20-9-7-19(8-10-20)18-5-3-17(4-6-18)2-1-13-32;1-5(2,3)6-4/h13,17-27H,1-12,14-16H2;1-4H3. The van der Waals surface area contributed by atoms with Crippen LogP contribution >= 0.6 is 0 Å². The van der Waals surface area contributed by atoms with E-state index in [0.29, 0.717) is 31.1 Å². The predicted octanol–water partition coefficient (Wildman–Crippen LogP) is 9.19. The van der Waals surface area contributed by atoms with Gasteiger partial charge in [-0.05, 0) is 139 Å². The first-order valence-electron chi connectivity index (χ1n) is 15.6. The fourth-order valence-electron chi connectivity index (χ4n) is 7.98. The number of methoxy groups -OCH3 is 1. The summed E-state index contributed by atoms with van der Waals surface area (Å²) in [5, 5.41) is 0. The van der Waals surface area contributed by atoms with Crippen LogP contribution in [0.4, 0.5) is 17.6 Å². The van der Waals surface area contributed by atoms with E-state index >= 15 is 4.39 Å². The van der Waals surface area contributed by atoms with Crippen molar-refractivity contribution in [2.75, 3.05) is 7.11 Å². The van der Waals surface area contributed by atoms with Crippen molar-refractivity contribution < 1.29 is 27.1 Å². The van der Waals surface area contributed by atoms with Gasteiger partial charge >= 0.3 is 0 Å². The third-order valence-corrected chi connectivity index (χ3v) is 10.6. The lowest BCUT2D eigenvalue weighted by molar-refractivity contribution is -0.108. The molecule has 4 saturated carbocycles. The van der Waals surface area contributed by atoms with E-state index in [9.17, 15) is 18.0 Å². The van der Waals surface area contributed by atoms with Crippen LogP contribution in [-0.2, 0) is 9.53 Å². The number of hydrogen-bond donors (Lipinski definition) is 0. The van der Waals surface area contributed by atoms with Crippen LogP contribution < -0.4 is 0 Å². The lowest BCUT2D eigenvalue weighted by Crippen LogP contribution is -2.43. The summed E-state index contributed by atoms with van der Waals surface area (Å²) in [5.41, 5.74) is 0.0417. The monoisotopic (exact) mass is 546 g/mol. The van der Waals surface area contributed by atoms with Crippen LogP contribution in [0.1, 0.15) is 117 Å². The van der Waals surface area contributed by atoms with Gasteiger partial charge in [0.15, 0.2) is 6.17 Å². The van der Waals surface area contributed by atoms with Crippen LogP contribution in [0, 0.1) is 41.4 Å². The largest absolute Gasteiger partial charge is 0.379 e. The molecular formula is C32H54F4O2. The summed E-state index contributed by atoms with van der Waals surface area (Å²) in [6.45, 7) is 6.06. The molecule has 0 spiro atoms. The average Bonchev–Trinajstić information content (AvgIpc) is 2.90. The van der Waals surface area contributed by atoms with Crippen molar-refractivity contribution >= 4 is 6.29 Å². The van der Waals surface area contributed by atoms with E-state index in [-0.39, 0.29) is 30.3 Å². The molecule has 0 aliphatic heterocycles. The summed E-state index contributed by atoms with van der Waals surface area (Å²) in [6, 6.07) is 0. The summed E-state index contributed by atoms with van der Waals surface area (Å²) in [6.07, 6.45) is 8.51. The second-order valence-corrected chi connectivity index (χ2v) is 14.0. The Morgan fingerprint density at radius 2 is 1.08 bits per heavy atom. The van der Waals surface area contributed by atoms with Gasteiger partial charge in [-0.15, -0.1) is 0 Å². The van der Waals surface area contributed by atoms with Crippen LogP contribution in [0.3, 0.4) is 0 Å². The molecule has 5 unspecified atom stereocenters. The van der Waals surface area contributed by atoms with E-state index in [1.807, 2.05) is 20.8 Å². The number of aldehydes is 1. The molecule has 0 aromatic heterocycles. The molecule has 0 aromatic rings. The highest BCUT2D eigenvalue weighted by molar-refractivity contribution is 5.49. The van der Waals surface area contributed by atoms with Gasteiger partial charge in [0.2, 0.25) is 0 Å². The van der Waals surface area contributed by atoms with Gasteiger partial charge < -0.3 is 9.53 Å². The van der Waals surface area contributed by atoms with Crippen LogP contribution in [0.15, 0.2) is 0 Å². The fraction of sp³-hybridized carbons (Fsp3) is 0.969. The first-order chi connectivity index (χ1) is 18.0. The molecule has 4 rings (SSSR count). The minimum Gasteiger partial charge on any atom is -0.379 e. The second kappa shape index (κ2) is 14.8. The van der Waals surface area contributed by atoms with Crippen molar-refractivity contribution in [3.8, 4) is 0 Å². The Bertz CT molecular complexity index is 669. The van der Waals surface area contributed by atoms with Gasteiger partial charge in [0.1, 0.15) is 24.8 Å². The summed E-state index contributed by atoms with van der Waals surface area (Å²) < 4.78 is 61.2. The zero-order chi connectivity index (χ0) is 27.9. The van der Waals surface area contributed by atoms with Gasteiger partial charge in [-0.1, -0.05) is 12.8 Å². The molecule has 0 heterocycles. The lowest BCUT2D eigenvalue weighted by Gasteiger charge is -2.44. The van der Waals surface area contributed by atoms with Crippen LogP contribution in [0.5, 0.6) is 0 Å². The molecular weight excluding hydrogens is 492 g/mol. The molecule has 38 heavy (non-hydrogen) atoms. The third-order valence-electron chi connectivity index (χ3n) is 10.6. The van der Waals surface area contributed by atoms with Crippen LogP contribution in [0.25, 0.3) is 0 Å². The lowest BCUT2D eigenvalue weighted by atomic mass is 9.62. The van der Waals surface area contributed by atoms with E-state index in [2.05, 4.69) is 0 Å². The summed E-state index contributed by atoms with van der Waals surface area (Å²) in [5.74, 6) is 2.75. The molecule has 0 amide bonds. The zero-order valence-corrected chi connectivity index (χ0v) is 24.4. The zero-order valence-electron chi connectivity index (χ0n) is 24.4. The third kappa shape index (κ3) is 9.20. The quantitative estimate of drug-likeness (QED) is 0.245. The summed E-state index contributed by atoms with van der Waals surface area (Å²) in [4.78, 5) is 10.6. The van der Waals surface area contributed by atoms with E-state index in [4.69, 9.17) is 4.74 Å². The molecule has 0 aromatic carbocycles. The van der Waals surface area contributed by atoms with Gasteiger partial charge in [-0.2, -0.15) is 0 Å².